The van der Waals surface area contributed by atoms with Crippen LogP contribution in [0.2, 0.25) is 5.15 Å². The van der Waals surface area contributed by atoms with Crippen molar-refractivity contribution in [2.75, 3.05) is 26.8 Å². The molecule has 1 amide bonds. The van der Waals surface area contributed by atoms with E-state index < -0.39 is 0 Å². The Morgan fingerprint density at radius 1 is 1.48 bits per heavy atom. The third-order valence-corrected chi connectivity index (χ3v) is 3.77. The molecule has 0 aliphatic carbocycles. The minimum atomic E-state index is 0.00826. The monoisotopic (exact) mass is 308 g/mol. The van der Waals surface area contributed by atoms with Crippen molar-refractivity contribution < 1.29 is 9.53 Å². The Morgan fingerprint density at radius 3 is 2.81 bits per heavy atom. The van der Waals surface area contributed by atoms with Gasteiger partial charge in [0.1, 0.15) is 5.15 Å². The summed E-state index contributed by atoms with van der Waals surface area (Å²) in [7, 11) is 1.69. The number of amides is 1. The number of hydrogen-bond acceptors (Lipinski definition) is 3. The summed E-state index contributed by atoms with van der Waals surface area (Å²) in [5.41, 5.74) is 2.71. The molecule has 0 spiro atoms. The van der Waals surface area contributed by atoms with Gasteiger partial charge in [0.15, 0.2) is 0 Å². The quantitative estimate of drug-likeness (QED) is 0.633. The van der Waals surface area contributed by atoms with E-state index in [0.29, 0.717) is 30.4 Å². The Balaban J connectivity index is 2.14. The first-order valence-corrected chi connectivity index (χ1v) is 7.52. The third-order valence-electron chi connectivity index (χ3n) is 3.57. The van der Waals surface area contributed by atoms with Crippen LogP contribution in [0.3, 0.4) is 0 Å². The molecule has 114 valence electrons. The Bertz CT molecular complexity index is 555. The third kappa shape index (κ3) is 4.05. The van der Waals surface area contributed by atoms with Gasteiger partial charge < -0.3 is 9.64 Å². The van der Waals surface area contributed by atoms with Crippen LogP contribution in [0, 0.1) is 0 Å². The molecule has 1 aliphatic rings. The van der Waals surface area contributed by atoms with Gasteiger partial charge in [-0.25, -0.2) is 4.98 Å². The van der Waals surface area contributed by atoms with Crippen LogP contribution < -0.4 is 0 Å². The molecule has 0 saturated heterocycles. The summed E-state index contributed by atoms with van der Waals surface area (Å²) in [6.07, 6.45) is 2.92. The average Bonchev–Trinajstić information content (AvgIpc) is 2.47. The van der Waals surface area contributed by atoms with Crippen molar-refractivity contribution in [2.24, 2.45) is 0 Å². The zero-order valence-corrected chi connectivity index (χ0v) is 13.5. The molecular formula is C16H21ClN2O2. The Morgan fingerprint density at radius 2 is 2.24 bits per heavy atom. The smallest absolute Gasteiger partial charge is 0.254 e. The van der Waals surface area contributed by atoms with E-state index in [0.717, 1.165) is 12.1 Å². The summed E-state index contributed by atoms with van der Waals surface area (Å²) in [6.45, 7) is 6.04. The van der Waals surface area contributed by atoms with Gasteiger partial charge >= 0.3 is 0 Å². The van der Waals surface area contributed by atoms with E-state index in [2.05, 4.69) is 11.1 Å². The second-order valence-corrected chi connectivity index (χ2v) is 5.94. The number of aromatic nitrogens is 1. The summed E-state index contributed by atoms with van der Waals surface area (Å²) < 4.78 is 5.12. The molecule has 0 bridgehead atoms. The maximum absolute atomic E-state index is 12.6. The summed E-state index contributed by atoms with van der Waals surface area (Å²) in [6, 6.07) is 3.48. The molecule has 5 heteroatoms. The van der Waals surface area contributed by atoms with E-state index in [4.69, 9.17) is 16.3 Å². The molecule has 2 rings (SSSR count). The number of ether oxygens (including phenoxy) is 1. The van der Waals surface area contributed by atoms with Crippen LogP contribution in [-0.2, 0) is 4.74 Å². The number of hydrogen-bond donors (Lipinski definition) is 0. The van der Waals surface area contributed by atoms with E-state index in [-0.39, 0.29) is 11.8 Å². The number of carbonyl (C=O) groups is 1. The highest BCUT2D eigenvalue weighted by atomic mass is 35.5. The molecular weight excluding hydrogens is 288 g/mol. The second kappa shape index (κ2) is 7.05. The molecule has 1 aromatic rings. The molecule has 0 N–H and O–H groups in total. The van der Waals surface area contributed by atoms with Crippen molar-refractivity contribution in [3.63, 3.8) is 0 Å². The number of rotatable bonds is 4. The van der Waals surface area contributed by atoms with Crippen molar-refractivity contribution in [2.45, 2.75) is 26.2 Å². The predicted molar refractivity (Wildman–Crippen MR) is 83.8 cm³/mol. The molecule has 0 atom stereocenters. The van der Waals surface area contributed by atoms with Crippen molar-refractivity contribution in [3.8, 4) is 0 Å². The SMILES string of the molecule is COCC1=CCN(C(=O)c2cc(Cl)nc(C(C)C)c2)CC1. The minimum absolute atomic E-state index is 0.00826. The van der Waals surface area contributed by atoms with Gasteiger partial charge in [-0.3, -0.25) is 4.79 Å². The van der Waals surface area contributed by atoms with Crippen LogP contribution in [0.5, 0.6) is 0 Å². The lowest BCUT2D eigenvalue weighted by Gasteiger charge is -2.26. The van der Waals surface area contributed by atoms with Gasteiger partial charge in [-0.1, -0.05) is 31.5 Å². The highest BCUT2D eigenvalue weighted by molar-refractivity contribution is 6.29. The largest absolute Gasteiger partial charge is 0.380 e. The molecule has 1 aromatic heterocycles. The standard InChI is InChI=1S/C16H21ClN2O2/c1-11(2)14-8-13(9-15(17)18-14)16(20)19-6-4-12(5-7-19)10-21-3/h4,8-9,11H,5-7,10H2,1-3H3. The van der Waals surface area contributed by atoms with Gasteiger partial charge in [-0.2, -0.15) is 0 Å². The van der Waals surface area contributed by atoms with Crippen LogP contribution in [0.25, 0.3) is 0 Å². The lowest BCUT2D eigenvalue weighted by atomic mass is 10.1. The minimum Gasteiger partial charge on any atom is -0.380 e. The van der Waals surface area contributed by atoms with Crippen LogP contribution in [0.4, 0.5) is 0 Å². The first-order chi connectivity index (χ1) is 10.0. The zero-order valence-electron chi connectivity index (χ0n) is 12.7. The summed E-state index contributed by atoms with van der Waals surface area (Å²) in [5, 5.41) is 0.372. The van der Waals surface area contributed by atoms with Crippen molar-refractivity contribution in [1.82, 2.24) is 9.88 Å². The number of halogens is 1. The van der Waals surface area contributed by atoms with Crippen molar-refractivity contribution in [3.05, 3.63) is 40.2 Å². The summed E-state index contributed by atoms with van der Waals surface area (Å²) in [4.78, 5) is 18.7. The van der Waals surface area contributed by atoms with E-state index in [1.807, 2.05) is 24.8 Å². The maximum Gasteiger partial charge on any atom is 0.254 e. The van der Waals surface area contributed by atoms with Crippen LogP contribution in [-0.4, -0.2) is 42.6 Å². The molecule has 2 heterocycles. The molecule has 0 fully saturated rings. The van der Waals surface area contributed by atoms with Gasteiger partial charge in [0.2, 0.25) is 0 Å². The maximum atomic E-state index is 12.6. The number of methoxy groups -OCH3 is 1. The second-order valence-electron chi connectivity index (χ2n) is 5.55. The Hall–Kier alpha value is -1.39. The summed E-state index contributed by atoms with van der Waals surface area (Å²) in [5.74, 6) is 0.249. The van der Waals surface area contributed by atoms with E-state index in [9.17, 15) is 4.79 Å². The molecule has 21 heavy (non-hydrogen) atoms. The van der Waals surface area contributed by atoms with Gasteiger partial charge in [0.05, 0.1) is 6.61 Å². The molecule has 0 saturated carbocycles. The lowest BCUT2D eigenvalue weighted by Crippen LogP contribution is -2.35. The molecule has 1 aliphatic heterocycles. The Labute approximate surface area is 130 Å². The number of pyridine rings is 1. The van der Waals surface area contributed by atoms with Gasteiger partial charge in [0, 0.05) is 31.5 Å². The number of carbonyl (C=O) groups excluding carboxylic acids is 1. The van der Waals surface area contributed by atoms with Gasteiger partial charge in [0.25, 0.3) is 5.91 Å². The topological polar surface area (TPSA) is 42.4 Å². The average molecular weight is 309 g/mol. The first kappa shape index (κ1) is 16.0. The van der Waals surface area contributed by atoms with E-state index >= 15 is 0 Å². The van der Waals surface area contributed by atoms with Crippen LogP contribution in [0.1, 0.15) is 42.2 Å². The predicted octanol–water partition coefficient (Wildman–Crippen LogP) is 3.28. The fourth-order valence-electron chi connectivity index (χ4n) is 2.33. The summed E-state index contributed by atoms with van der Waals surface area (Å²) >= 11 is 6.03. The first-order valence-electron chi connectivity index (χ1n) is 7.15. The molecule has 0 aromatic carbocycles. The van der Waals surface area contributed by atoms with Gasteiger partial charge in [-0.15, -0.1) is 0 Å². The van der Waals surface area contributed by atoms with Crippen molar-refractivity contribution in [1.29, 1.82) is 0 Å². The normalized spacial score (nSPS) is 15.3. The molecule has 4 nitrogen and oxygen atoms in total. The molecule has 0 unspecified atom stereocenters. The van der Waals surface area contributed by atoms with Gasteiger partial charge in [-0.05, 0) is 30.0 Å². The number of nitrogens with zero attached hydrogens (tertiary/aromatic N) is 2. The van der Waals surface area contributed by atoms with Crippen molar-refractivity contribution >= 4 is 17.5 Å². The highest BCUT2D eigenvalue weighted by Gasteiger charge is 2.20. The lowest BCUT2D eigenvalue weighted by molar-refractivity contribution is 0.0764. The fraction of sp³-hybridized carbons (Fsp3) is 0.500. The van der Waals surface area contributed by atoms with Crippen LogP contribution in [0.15, 0.2) is 23.8 Å². The highest BCUT2D eigenvalue weighted by Crippen LogP contribution is 2.20. The molecule has 0 radical (unpaired) electrons. The van der Waals surface area contributed by atoms with E-state index in [1.165, 1.54) is 5.57 Å². The van der Waals surface area contributed by atoms with E-state index in [1.54, 1.807) is 13.2 Å². The zero-order chi connectivity index (χ0) is 15.4. The fourth-order valence-corrected chi connectivity index (χ4v) is 2.55. The Kier molecular flexibility index (Phi) is 5.37. The van der Waals surface area contributed by atoms with Crippen LogP contribution >= 0.6 is 11.6 Å².